The first-order valence-corrected chi connectivity index (χ1v) is 7.36. The van der Waals surface area contributed by atoms with Crippen molar-refractivity contribution in [2.24, 2.45) is 0 Å². The van der Waals surface area contributed by atoms with E-state index in [-0.39, 0.29) is 0 Å². The number of nitrogens with one attached hydrogen (secondary N) is 1. The van der Waals surface area contributed by atoms with Crippen LogP contribution in [0.1, 0.15) is 39.5 Å². The number of rotatable bonds is 4. The normalized spacial score (nSPS) is 33.4. The zero-order valence-corrected chi connectivity index (χ0v) is 11.8. The van der Waals surface area contributed by atoms with Gasteiger partial charge in [-0.15, -0.1) is 0 Å². The summed E-state index contributed by atoms with van der Waals surface area (Å²) in [5, 5.41) is 3.34. The predicted molar refractivity (Wildman–Crippen MR) is 73.4 cm³/mol. The Morgan fingerprint density at radius 1 is 1.29 bits per heavy atom. The van der Waals surface area contributed by atoms with Crippen molar-refractivity contribution in [3.05, 3.63) is 0 Å². The number of piperidine rings is 1. The minimum Gasteiger partial charge on any atom is -0.317 e. The van der Waals surface area contributed by atoms with Gasteiger partial charge in [0.05, 0.1) is 0 Å². The fraction of sp³-hybridized carbons (Fsp3) is 1.00. The van der Waals surface area contributed by atoms with E-state index >= 15 is 0 Å². The van der Waals surface area contributed by atoms with Gasteiger partial charge in [-0.25, -0.2) is 0 Å². The molecule has 0 saturated carbocycles. The van der Waals surface area contributed by atoms with Gasteiger partial charge in [0.15, 0.2) is 0 Å². The monoisotopic (exact) mass is 239 g/mol. The molecule has 0 aliphatic carbocycles. The number of nitrogens with zero attached hydrogens (tertiary/aromatic N) is 2. The van der Waals surface area contributed by atoms with E-state index in [4.69, 9.17) is 0 Å². The summed E-state index contributed by atoms with van der Waals surface area (Å²) in [6.07, 6.45) is 5.55. The van der Waals surface area contributed by atoms with Crippen LogP contribution in [0.3, 0.4) is 0 Å². The van der Waals surface area contributed by atoms with Gasteiger partial charge in [-0.2, -0.15) is 0 Å². The largest absolute Gasteiger partial charge is 0.317 e. The van der Waals surface area contributed by atoms with Gasteiger partial charge in [0.25, 0.3) is 0 Å². The van der Waals surface area contributed by atoms with Crippen LogP contribution in [-0.4, -0.2) is 61.2 Å². The van der Waals surface area contributed by atoms with E-state index in [1.807, 2.05) is 0 Å². The fourth-order valence-electron chi connectivity index (χ4n) is 3.23. The van der Waals surface area contributed by atoms with Crippen LogP contribution in [0, 0.1) is 0 Å². The minimum absolute atomic E-state index is 0.645. The summed E-state index contributed by atoms with van der Waals surface area (Å²) >= 11 is 0. The Morgan fingerprint density at radius 2 is 2.12 bits per heavy atom. The maximum absolute atomic E-state index is 3.34. The van der Waals surface area contributed by atoms with Gasteiger partial charge in [0.1, 0.15) is 0 Å². The molecule has 0 aromatic carbocycles. The van der Waals surface area contributed by atoms with Crippen LogP contribution in [0.2, 0.25) is 0 Å². The highest BCUT2D eigenvalue weighted by Gasteiger charge is 2.32. The van der Waals surface area contributed by atoms with E-state index in [0.717, 1.165) is 12.1 Å². The van der Waals surface area contributed by atoms with Crippen molar-refractivity contribution < 1.29 is 0 Å². The molecule has 2 aliphatic heterocycles. The smallest absolute Gasteiger partial charge is 0.0223 e. The molecular formula is C14H29N3. The Kier molecular flexibility index (Phi) is 4.83. The van der Waals surface area contributed by atoms with Crippen LogP contribution in [0.15, 0.2) is 0 Å². The number of hydrogen-bond acceptors (Lipinski definition) is 3. The first kappa shape index (κ1) is 13.3. The molecule has 2 aliphatic rings. The highest BCUT2D eigenvalue weighted by molar-refractivity contribution is 4.89. The summed E-state index contributed by atoms with van der Waals surface area (Å²) in [7, 11) is 2.06. The quantitative estimate of drug-likeness (QED) is 0.803. The molecule has 3 heteroatoms. The molecule has 1 N–H and O–H groups in total. The lowest BCUT2D eigenvalue weighted by Crippen LogP contribution is -2.58. The van der Waals surface area contributed by atoms with Gasteiger partial charge in [-0.1, -0.05) is 6.42 Å². The van der Waals surface area contributed by atoms with Gasteiger partial charge in [0.2, 0.25) is 0 Å². The molecule has 100 valence electrons. The van der Waals surface area contributed by atoms with Crippen LogP contribution in [0.4, 0.5) is 0 Å². The van der Waals surface area contributed by atoms with E-state index in [9.17, 15) is 0 Å². The van der Waals surface area contributed by atoms with Crippen molar-refractivity contribution in [2.45, 2.75) is 57.7 Å². The molecule has 3 nitrogen and oxygen atoms in total. The van der Waals surface area contributed by atoms with Gasteiger partial charge in [-0.05, 0) is 46.7 Å². The highest BCUT2D eigenvalue weighted by atomic mass is 15.3. The van der Waals surface area contributed by atoms with E-state index in [1.54, 1.807) is 0 Å². The standard InChI is InChI=1S/C14H29N3/c1-12(15-3)7-9-16-11-14-6-4-5-8-17(14)10-13(16)2/h12-15H,4-11H2,1-3H3. The van der Waals surface area contributed by atoms with E-state index in [1.165, 1.54) is 51.9 Å². The molecule has 2 fully saturated rings. The topological polar surface area (TPSA) is 18.5 Å². The third kappa shape index (κ3) is 3.43. The number of hydrogen-bond donors (Lipinski definition) is 1. The zero-order valence-electron chi connectivity index (χ0n) is 11.8. The van der Waals surface area contributed by atoms with Crippen LogP contribution in [-0.2, 0) is 0 Å². The lowest BCUT2D eigenvalue weighted by Gasteiger charge is -2.47. The van der Waals surface area contributed by atoms with Gasteiger partial charge < -0.3 is 5.32 Å². The summed E-state index contributed by atoms with van der Waals surface area (Å²) in [5.41, 5.74) is 0. The molecule has 2 saturated heterocycles. The average molecular weight is 239 g/mol. The first-order chi connectivity index (χ1) is 8.20. The Morgan fingerprint density at radius 3 is 2.88 bits per heavy atom. The number of fused-ring (bicyclic) bond motifs is 1. The molecule has 0 aromatic rings. The molecule has 0 aromatic heterocycles. The lowest BCUT2D eigenvalue weighted by atomic mass is 9.97. The second-order valence-electron chi connectivity index (χ2n) is 5.97. The molecule has 17 heavy (non-hydrogen) atoms. The van der Waals surface area contributed by atoms with Crippen molar-refractivity contribution in [3.8, 4) is 0 Å². The molecule has 2 heterocycles. The highest BCUT2D eigenvalue weighted by Crippen LogP contribution is 2.24. The van der Waals surface area contributed by atoms with Crippen LogP contribution in [0.25, 0.3) is 0 Å². The maximum atomic E-state index is 3.34. The summed E-state index contributed by atoms with van der Waals surface area (Å²) in [6, 6.07) is 2.24. The van der Waals surface area contributed by atoms with Crippen LogP contribution >= 0.6 is 0 Å². The van der Waals surface area contributed by atoms with Crippen molar-refractivity contribution in [1.29, 1.82) is 0 Å². The summed E-state index contributed by atoms with van der Waals surface area (Å²) in [5.74, 6) is 0. The van der Waals surface area contributed by atoms with Crippen molar-refractivity contribution in [3.63, 3.8) is 0 Å². The van der Waals surface area contributed by atoms with E-state index in [2.05, 4.69) is 36.0 Å². The minimum atomic E-state index is 0.645. The molecule has 2 rings (SSSR count). The summed E-state index contributed by atoms with van der Waals surface area (Å²) in [6.45, 7) is 9.87. The van der Waals surface area contributed by atoms with Crippen LogP contribution < -0.4 is 5.32 Å². The van der Waals surface area contributed by atoms with Gasteiger partial charge >= 0.3 is 0 Å². The predicted octanol–water partition coefficient (Wildman–Crippen LogP) is 1.54. The zero-order chi connectivity index (χ0) is 12.3. The Hall–Kier alpha value is -0.120. The molecule has 0 spiro atoms. The molecule has 0 amide bonds. The fourth-order valence-corrected chi connectivity index (χ4v) is 3.23. The maximum Gasteiger partial charge on any atom is 0.0223 e. The van der Waals surface area contributed by atoms with Crippen molar-refractivity contribution in [1.82, 2.24) is 15.1 Å². The van der Waals surface area contributed by atoms with E-state index in [0.29, 0.717) is 6.04 Å². The third-order valence-corrected chi connectivity index (χ3v) is 4.66. The van der Waals surface area contributed by atoms with Gasteiger partial charge in [0, 0.05) is 37.8 Å². The van der Waals surface area contributed by atoms with Crippen molar-refractivity contribution in [2.75, 3.05) is 33.2 Å². The first-order valence-electron chi connectivity index (χ1n) is 7.36. The lowest BCUT2D eigenvalue weighted by molar-refractivity contribution is 0.0139. The van der Waals surface area contributed by atoms with Crippen molar-refractivity contribution >= 4 is 0 Å². The summed E-state index contributed by atoms with van der Waals surface area (Å²) < 4.78 is 0. The number of piperazine rings is 1. The van der Waals surface area contributed by atoms with Gasteiger partial charge in [-0.3, -0.25) is 9.80 Å². The Labute approximate surface area is 107 Å². The molecular weight excluding hydrogens is 210 g/mol. The molecule has 0 bridgehead atoms. The van der Waals surface area contributed by atoms with E-state index < -0.39 is 0 Å². The second kappa shape index (κ2) is 6.17. The Balaban J connectivity index is 1.82. The average Bonchev–Trinajstić information content (AvgIpc) is 2.35. The molecule has 3 atom stereocenters. The van der Waals surface area contributed by atoms with Crippen LogP contribution in [0.5, 0.6) is 0 Å². The SMILES string of the molecule is CNC(C)CCN1CC2CCCCN2CC1C. The summed E-state index contributed by atoms with van der Waals surface area (Å²) in [4.78, 5) is 5.44. The molecule has 0 radical (unpaired) electrons. The Bertz CT molecular complexity index is 232. The molecule has 3 unspecified atom stereocenters. The third-order valence-electron chi connectivity index (χ3n) is 4.66. The second-order valence-corrected chi connectivity index (χ2v) is 5.97.